The first kappa shape index (κ1) is 45.0. The summed E-state index contributed by atoms with van der Waals surface area (Å²) in [5, 5.41) is 11.6. The van der Waals surface area contributed by atoms with Crippen LogP contribution < -0.4 is 5.11 Å². The summed E-state index contributed by atoms with van der Waals surface area (Å²) in [5.41, 5.74) is 0. The molecule has 0 aliphatic heterocycles. The predicted molar refractivity (Wildman–Crippen MR) is 194 cm³/mol. The van der Waals surface area contributed by atoms with Crippen LogP contribution in [0, 0.1) is 0 Å². The van der Waals surface area contributed by atoms with Gasteiger partial charge in [-0.3, -0.25) is 9.59 Å². The highest BCUT2D eigenvalue weighted by molar-refractivity contribution is 5.71. The molecule has 0 radical (unpaired) electrons. The number of carbonyl (C=O) groups is 3. The topological polar surface area (TPSA) is 102 Å². The Hall–Kier alpha value is -2.97. The van der Waals surface area contributed by atoms with Crippen molar-refractivity contribution in [3.63, 3.8) is 0 Å². The minimum absolute atomic E-state index is 0.00609. The Morgan fingerprint density at radius 3 is 1.88 bits per heavy atom. The Morgan fingerprint density at radius 2 is 1.27 bits per heavy atom. The minimum Gasteiger partial charge on any atom is -0.544 e. The van der Waals surface area contributed by atoms with Gasteiger partial charge in [-0.1, -0.05) is 113 Å². The molecule has 0 aliphatic rings. The third-order valence-electron chi connectivity index (χ3n) is 7.70. The van der Waals surface area contributed by atoms with Gasteiger partial charge in [0.1, 0.15) is 12.6 Å². The van der Waals surface area contributed by atoms with E-state index in [2.05, 4.69) is 56.4 Å². The normalized spacial score (nSPS) is 13.8. The maximum absolute atomic E-state index is 12.6. The van der Waals surface area contributed by atoms with Crippen LogP contribution in [-0.4, -0.2) is 75.5 Å². The van der Waals surface area contributed by atoms with Gasteiger partial charge in [0.25, 0.3) is 0 Å². The standard InChI is InChI=1S/C40H67NO7/c1-6-8-10-12-14-16-17-18-19-20-21-23-25-27-29-31-39(43)48-36(34-46-33-32-37(40(44)45)41(3,4)5)35-47-38(42)30-28-26-24-22-15-13-11-9-7-2/h9,11,14-18,22,26,28,36-37H,6-8,10,12-13,19-21,23-25,27,29-35H2,1-5H3/b11-9+,16-14+,18-17+,22-15+,28-26+. The molecule has 0 bridgehead atoms. The van der Waals surface area contributed by atoms with Gasteiger partial charge in [-0.2, -0.15) is 0 Å². The van der Waals surface area contributed by atoms with Crippen molar-refractivity contribution in [2.24, 2.45) is 0 Å². The maximum atomic E-state index is 12.6. The zero-order valence-corrected chi connectivity index (χ0v) is 30.9. The van der Waals surface area contributed by atoms with Crippen molar-refractivity contribution in [2.75, 3.05) is 41.0 Å². The summed E-state index contributed by atoms with van der Waals surface area (Å²) < 4.78 is 16.9. The molecule has 0 aromatic carbocycles. The van der Waals surface area contributed by atoms with Crippen LogP contribution in [-0.2, 0) is 28.6 Å². The van der Waals surface area contributed by atoms with Crippen LogP contribution in [0.3, 0.4) is 0 Å². The largest absolute Gasteiger partial charge is 0.544 e. The van der Waals surface area contributed by atoms with E-state index in [4.69, 9.17) is 14.2 Å². The van der Waals surface area contributed by atoms with Crippen molar-refractivity contribution < 1.29 is 38.2 Å². The number of carbonyl (C=O) groups excluding carboxylic acids is 3. The van der Waals surface area contributed by atoms with Gasteiger partial charge in [-0.15, -0.1) is 0 Å². The fourth-order valence-electron chi connectivity index (χ4n) is 4.83. The number of nitrogens with zero attached hydrogens (tertiary/aromatic N) is 1. The Morgan fingerprint density at radius 1 is 0.688 bits per heavy atom. The van der Waals surface area contributed by atoms with E-state index in [1.165, 1.54) is 32.1 Å². The molecule has 8 heteroatoms. The first-order chi connectivity index (χ1) is 23.1. The Bertz CT molecular complexity index is 975. The highest BCUT2D eigenvalue weighted by Gasteiger charge is 2.25. The van der Waals surface area contributed by atoms with Crippen LogP contribution >= 0.6 is 0 Å². The van der Waals surface area contributed by atoms with Gasteiger partial charge in [0, 0.05) is 12.8 Å². The number of likely N-dealkylation sites (N-methyl/N-ethyl adjacent to an activating group) is 1. The molecule has 48 heavy (non-hydrogen) atoms. The predicted octanol–water partition coefficient (Wildman–Crippen LogP) is 7.74. The molecular weight excluding hydrogens is 606 g/mol. The Balaban J connectivity index is 4.54. The lowest BCUT2D eigenvalue weighted by molar-refractivity contribution is -0.889. The number of aliphatic carboxylic acids is 1. The second-order valence-corrected chi connectivity index (χ2v) is 13.1. The van der Waals surface area contributed by atoms with Gasteiger partial charge < -0.3 is 28.6 Å². The van der Waals surface area contributed by atoms with E-state index in [-0.39, 0.29) is 49.5 Å². The molecule has 0 rings (SSSR count). The average Bonchev–Trinajstić information content (AvgIpc) is 3.03. The van der Waals surface area contributed by atoms with E-state index < -0.39 is 24.1 Å². The van der Waals surface area contributed by atoms with Crippen molar-refractivity contribution in [3.8, 4) is 0 Å². The lowest BCUT2D eigenvalue weighted by Gasteiger charge is -2.34. The summed E-state index contributed by atoms with van der Waals surface area (Å²) in [5.74, 6) is -1.91. The molecule has 0 spiro atoms. The van der Waals surface area contributed by atoms with E-state index in [9.17, 15) is 19.5 Å². The van der Waals surface area contributed by atoms with E-state index in [1.807, 2.05) is 12.2 Å². The number of esters is 2. The summed E-state index contributed by atoms with van der Waals surface area (Å²) in [4.78, 5) is 36.5. The number of hydrogen-bond acceptors (Lipinski definition) is 7. The maximum Gasteiger partial charge on any atom is 0.309 e. The molecule has 2 atom stereocenters. The number of quaternary nitrogens is 1. The van der Waals surface area contributed by atoms with Crippen LogP contribution in [0.25, 0.3) is 0 Å². The molecule has 0 saturated heterocycles. The molecule has 0 aromatic rings. The number of rotatable bonds is 31. The lowest BCUT2D eigenvalue weighted by Crippen LogP contribution is -2.55. The number of carboxylic acids is 1. The molecule has 0 saturated carbocycles. The second kappa shape index (κ2) is 31.3. The minimum atomic E-state index is -1.14. The molecular formula is C40H67NO7. The molecule has 274 valence electrons. The number of ether oxygens (including phenoxy) is 3. The average molecular weight is 674 g/mol. The summed E-state index contributed by atoms with van der Waals surface area (Å²) in [7, 11) is 5.36. The van der Waals surface area contributed by atoms with Crippen molar-refractivity contribution in [3.05, 3.63) is 60.8 Å². The van der Waals surface area contributed by atoms with E-state index in [0.29, 0.717) is 0 Å². The SMILES string of the molecule is CC/C=C/C/C=C/C/C=C/CC(=O)OCC(COCCC(C(=O)[O-])[N+](C)(C)C)OC(=O)CCCCCCCC/C=C/C=C/CCCCC. The zero-order chi connectivity index (χ0) is 35.7. The van der Waals surface area contributed by atoms with Crippen molar-refractivity contribution in [1.29, 1.82) is 0 Å². The number of allylic oxidation sites excluding steroid dienone is 9. The van der Waals surface area contributed by atoms with Crippen LogP contribution in [0.1, 0.15) is 123 Å². The van der Waals surface area contributed by atoms with Gasteiger partial charge in [-0.25, -0.2) is 0 Å². The fraction of sp³-hybridized carbons (Fsp3) is 0.675. The van der Waals surface area contributed by atoms with Gasteiger partial charge in [-0.05, 0) is 51.4 Å². The summed E-state index contributed by atoms with van der Waals surface area (Å²) in [6.07, 6.45) is 35.7. The highest BCUT2D eigenvalue weighted by atomic mass is 16.6. The highest BCUT2D eigenvalue weighted by Crippen LogP contribution is 2.12. The smallest absolute Gasteiger partial charge is 0.309 e. The summed E-state index contributed by atoms with van der Waals surface area (Å²) in [6, 6.07) is -0.739. The molecule has 8 nitrogen and oxygen atoms in total. The van der Waals surface area contributed by atoms with E-state index >= 15 is 0 Å². The lowest BCUT2D eigenvalue weighted by atomic mass is 10.1. The van der Waals surface area contributed by atoms with Gasteiger partial charge in [0.05, 0.1) is 46.7 Å². The third kappa shape index (κ3) is 29.2. The van der Waals surface area contributed by atoms with Gasteiger partial charge in [0.2, 0.25) is 0 Å². The van der Waals surface area contributed by atoms with Crippen LogP contribution in [0.5, 0.6) is 0 Å². The number of hydrogen-bond donors (Lipinski definition) is 0. The van der Waals surface area contributed by atoms with Gasteiger partial charge >= 0.3 is 11.9 Å². The fourth-order valence-corrected chi connectivity index (χ4v) is 4.83. The van der Waals surface area contributed by atoms with E-state index in [0.717, 1.165) is 57.8 Å². The van der Waals surface area contributed by atoms with E-state index in [1.54, 1.807) is 27.2 Å². The number of carboxylic acid groups (broad SMARTS) is 1. The Kier molecular flexibility index (Phi) is 29.4. The molecule has 0 N–H and O–H groups in total. The zero-order valence-electron chi connectivity index (χ0n) is 30.9. The molecule has 2 unspecified atom stereocenters. The molecule has 0 aromatic heterocycles. The first-order valence-corrected chi connectivity index (χ1v) is 18.3. The van der Waals surface area contributed by atoms with Crippen LogP contribution in [0.4, 0.5) is 0 Å². The van der Waals surface area contributed by atoms with Crippen LogP contribution in [0.15, 0.2) is 60.8 Å². The molecule has 0 aliphatic carbocycles. The van der Waals surface area contributed by atoms with Crippen molar-refractivity contribution in [2.45, 2.75) is 135 Å². The second-order valence-electron chi connectivity index (χ2n) is 13.1. The molecule has 0 fully saturated rings. The van der Waals surface area contributed by atoms with Crippen LogP contribution in [0.2, 0.25) is 0 Å². The molecule has 0 heterocycles. The Labute approximate surface area is 292 Å². The summed E-state index contributed by atoms with van der Waals surface area (Å²) in [6.45, 7) is 4.35. The summed E-state index contributed by atoms with van der Waals surface area (Å²) >= 11 is 0. The van der Waals surface area contributed by atoms with Gasteiger partial charge in [0.15, 0.2) is 6.10 Å². The van der Waals surface area contributed by atoms with Crippen molar-refractivity contribution >= 4 is 17.9 Å². The monoisotopic (exact) mass is 673 g/mol. The molecule has 0 amide bonds. The first-order valence-electron chi connectivity index (χ1n) is 18.3. The van der Waals surface area contributed by atoms with Crippen molar-refractivity contribution in [1.82, 2.24) is 0 Å². The number of unbranched alkanes of at least 4 members (excludes halogenated alkanes) is 9. The quantitative estimate of drug-likeness (QED) is 0.0244. The third-order valence-corrected chi connectivity index (χ3v) is 7.70.